The van der Waals surface area contributed by atoms with Gasteiger partial charge >= 0.3 is 0 Å². The van der Waals surface area contributed by atoms with Crippen LogP contribution < -0.4 is 10.6 Å². The molecule has 86 valence electrons. The minimum absolute atomic E-state index is 0.554. The number of hydrogen-bond donors (Lipinski definition) is 2. The summed E-state index contributed by atoms with van der Waals surface area (Å²) in [6, 6.07) is 4.52. The first-order valence-electron chi connectivity index (χ1n) is 5.74. The molecule has 2 N–H and O–H groups in total. The average Bonchev–Trinajstić information content (AvgIpc) is 2.74. The van der Waals surface area contributed by atoms with Gasteiger partial charge in [0.25, 0.3) is 0 Å². The van der Waals surface area contributed by atoms with Crippen LogP contribution in [0.3, 0.4) is 0 Å². The Bertz CT molecular complexity index is 355. The normalized spacial score (nSPS) is 16.1. The van der Waals surface area contributed by atoms with Gasteiger partial charge in [-0.1, -0.05) is 12.8 Å². The Balaban J connectivity index is 1.84. The molecule has 0 amide bonds. The molecule has 0 aromatic carbocycles. The monoisotopic (exact) mass is 235 g/mol. The van der Waals surface area contributed by atoms with Crippen LogP contribution in [-0.2, 0) is 0 Å². The number of nitrogens with zero attached hydrogens (tertiary/aromatic N) is 1. The van der Waals surface area contributed by atoms with Gasteiger partial charge < -0.3 is 10.6 Å². The van der Waals surface area contributed by atoms with Gasteiger partial charge in [-0.15, -0.1) is 0 Å². The Kier molecular flexibility index (Phi) is 3.72. The molecule has 2 rings (SSSR count). The summed E-state index contributed by atoms with van der Waals surface area (Å²) in [6.07, 6.45) is 6.89. The molecule has 0 radical (unpaired) electrons. The molecule has 16 heavy (non-hydrogen) atoms. The summed E-state index contributed by atoms with van der Waals surface area (Å²) in [7, 11) is 0. The second kappa shape index (κ2) is 5.25. The van der Waals surface area contributed by atoms with Gasteiger partial charge in [0.2, 0.25) is 0 Å². The first-order valence-corrected chi connectivity index (χ1v) is 6.15. The molecule has 1 aliphatic carbocycles. The Morgan fingerprint density at radius 2 is 2.12 bits per heavy atom. The lowest BCUT2D eigenvalue weighted by molar-refractivity contribution is 0.634. The van der Waals surface area contributed by atoms with Crippen molar-refractivity contribution >= 4 is 23.0 Å². The highest BCUT2D eigenvalue weighted by molar-refractivity contribution is 7.80. The van der Waals surface area contributed by atoms with Crippen molar-refractivity contribution in [1.82, 2.24) is 10.3 Å². The number of pyridine rings is 1. The summed E-state index contributed by atoms with van der Waals surface area (Å²) in [5.74, 6) is 0. The summed E-state index contributed by atoms with van der Waals surface area (Å²) < 4.78 is 0. The fourth-order valence-corrected chi connectivity index (χ4v) is 2.25. The van der Waals surface area contributed by atoms with E-state index in [1.807, 2.05) is 19.1 Å². The highest BCUT2D eigenvalue weighted by Crippen LogP contribution is 2.17. The van der Waals surface area contributed by atoms with E-state index in [1.165, 1.54) is 25.7 Å². The third-order valence-electron chi connectivity index (χ3n) is 2.86. The standard InChI is InChI=1S/C12H17N3S/c1-9-6-7-11(8-13-9)15-12(16)14-10-4-2-3-5-10/h6-8,10H,2-5H2,1H3,(H2,14,15,16). The molecule has 0 atom stereocenters. The maximum Gasteiger partial charge on any atom is 0.171 e. The molecule has 1 aromatic heterocycles. The highest BCUT2D eigenvalue weighted by Gasteiger charge is 2.15. The number of aromatic nitrogens is 1. The van der Waals surface area contributed by atoms with Gasteiger partial charge in [0.05, 0.1) is 11.9 Å². The fourth-order valence-electron chi connectivity index (χ4n) is 1.96. The molecular weight excluding hydrogens is 218 g/mol. The fraction of sp³-hybridized carbons (Fsp3) is 0.500. The van der Waals surface area contributed by atoms with Crippen LogP contribution in [0.1, 0.15) is 31.4 Å². The van der Waals surface area contributed by atoms with E-state index >= 15 is 0 Å². The van der Waals surface area contributed by atoms with Crippen LogP contribution >= 0.6 is 12.2 Å². The van der Waals surface area contributed by atoms with Crippen LogP contribution in [0.15, 0.2) is 18.3 Å². The largest absolute Gasteiger partial charge is 0.360 e. The van der Waals surface area contributed by atoms with Gasteiger partial charge in [-0.05, 0) is 44.1 Å². The number of thiocarbonyl (C=S) groups is 1. The quantitative estimate of drug-likeness (QED) is 0.773. The van der Waals surface area contributed by atoms with Crippen LogP contribution in [0.2, 0.25) is 0 Å². The number of rotatable bonds is 2. The van der Waals surface area contributed by atoms with E-state index in [9.17, 15) is 0 Å². The SMILES string of the molecule is Cc1ccc(NC(=S)NC2CCCC2)cn1. The van der Waals surface area contributed by atoms with E-state index in [2.05, 4.69) is 15.6 Å². The van der Waals surface area contributed by atoms with E-state index in [1.54, 1.807) is 6.20 Å². The zero-order valence-electron chi connectivity index (χ0n) is 9.49. The zero-order chi connectivity index (χ0) is 11.4. The van der Waals surface area contributed by atoms with E-state index in [0.29, 0.717) is 11.2 Å². The maximum absolute atomic E-state index is 5.26. The van der Waals surface area contributed by atoms with Crippen LogP contribution in [0.25, 0.3) is 0 Å². The number of nitrogens with one attached hydrogen (secondary N) is 2. The van der Waals surface area contributed by atoms with Gasteiger partial charge in [0.15, 0.2) is 5.11 Å². The zero-order valence-corrected chi connectivity index (χ0v) is 10.3. The molecule has 0 bridgehead atoms. The van der Waals surface area contributed by atoms with Crippen molar-refractivity contribution < 1.29 is 0 Å². The van der Waals surface area contributed by atoms with Crippen molar-refractivity contribution in [2.75, 3.05) is 5.32 Å². The van der Waals surface area contributed by atoms with Crippen molar-refractivity contribution in [2.24, 2.45) is 0 Å². The van der Waals surface area contributed by atoms with Crippen molar-refractivity contribution in [3.05, 3.63) is 24.0 Å². The third-order valence-corrected chi connectivity index (χ3v) is 3.08. The molecule has 1 aromatic rings. The lowest BCUT2D eigenvalue weighted by Crippen LogP contribution is -2.35. The summed E-state index contributed by atoms with van der Waals surface area (Å²) in [5.41, 5.74) is 1.96. The summed E-state index contributed by atoms with van der Waals surface area (Å²) in [5, 5.41) is 7.19. The predicted octanol–water partition coefficient (Wildman–Crippen LogP) is 2.62. The van der Waals surface area contributed by atoms with Crippen molar-refractivity contribution in [1.29, 1.82) is 0 Å². The van der Waals surface area contributed by atoms with Crippen molar-refractivity contribution in [3.63, 3.8) is 0 Å². The lowest BCUT2D eigenvalue weighted by Gasteiger charge is -2.15. The van der Waals surface area contributed by atoms with Crippen LogP contribution in [-0.4, -0.2) is 16.1 Å². The molecular formula is C12H17N3S. The predicted molar refractivity (Wildman–Crippen MR) is 70.6 cm³/mol. The maximum atomic E-state index is 5.26. The first kappa shape index (κ1) is 11.3. The topological polar surface area (TPSA) is 37.0 Å². The molecule has 1 fully saturated rings. The molecule has 3 nitrogen and oxygen atoms in total. The summed E-state index contributed by atoms with van der Waals surface area (Å²) >= 11 is 5.26. The van der Waals surface area contributed by atoms with Gasteiger partial charge in [-0.3, -0.25) is 4.98 Å². The Morgan fingerprint density at radius 3 is 2.75 bits per heavy atom. The van der Waals surface area contributed by atoms with E-state index in [0.717, 1.165) is 11.4 Å². The molecule has 0 aliphatic heterocycles. The molecule has 0 spiro atoms. The lowest BCUT2D eigenvalue weighted by atomic mass is 10.2. The van der Waals surface area contributed by atoms with Crippen molar-refractivity contribution in [2.45, 2.75) is 38.6 Å². The van der Waals surface area contributed by atoms with Crippen LogP contribution in [0.4, 0.5) is 5.69 Å². The van der Waals surface area contributed by atoms with Gasteiger partial charge in [0.1, 0.15) is 0 Å². The van der Waals surface area contributed by atoms with E-state index in [4.69, 9.17) is 12.2 Å². The minimum atomic E-state index is 0.554. The van der Waals surface area contributed by atoms with Crippen LogP contribution in [0, 0.1) is 6.92 Å². The molecule has 0 unspecified atom stereocenters. The number of hydrogen-bond acceptors (Lipinski definition) is 2. The second-order valence-corrected chi connectivity index (χ2v) is 4.68. The summed E-state index contributed by atoms with van der Waals surface area (Å²) in [6.45, 7) is 1.97. The van der Waals surface area contributed by atoms with Gasteiger partial charge in [-0.2, -0.15) is 0 Å². The summed E-state index contributed by atoms with van der Waals surface area (Å²) in [4.78, 5) is 4.21. The number of anilines is 1. The van der Waals surface area contributed by atoms with Gasteiger partial charge in [0, 0.05) is 11.7 Å². The third kappa shape index (κ3) is 3.17. The molecule has 1 saturated carbocycles. The smallest absolute Gasteiger partial charge is 0.171 e. The Hall–Kier alpha value is -1.16. The molecule has 1 heterocycles. The average molecular weight is 235 g/mol. The highest BCUT2D eigenvalue weighted by atomic mass is 32.1. The number of aryl methyl sites for hydroxylation is 1. The van der Waals surface area contributed by atoms with E-state index < -0.39 is 0 Å². The van der Waals surface area contributed by atoms with Crippen molar-refractivity contribution in [3.8, 4) is 0 Å². The van der Waals surface area contributed by atoms with Gasteiger partial charge in [-0.25, -0.2) is 0 Å². The molecule has 4 heteroatoms. The van der Waals surface area contributed by atoms with Crippen LogP contribution in [0.5, 0.6) is 0 Å². The Labute approximate surface area is 102 Å². The first-order chi connectivity index (χ1) is 7.74. The molecule has 1 aliphatic rings. The molecule has 0 saturated heterocycles. The minimum Gasteiger partial charge on any atom is -0.360 e. The second-order valence-electron chi connectivity index (χ2n) is 4.27. The van der Waals surface area contributed by atoms with E-state index in [-0.39, 0.29) is 0 Å². The Morgan fingerprint density at radius 1 is 1.38 bits per heavy atom.